The molecule has 0 N–H and O–H groups in total. The van der Waals surface area contributed by atoms with E-state index >= 15 is 0 Å². The van der Waals surface area contributed by atoms with Crippen LogP contribution in [0.3, 0.4) is 0 Å². The molecular formula is C5H7Br. The van der Waals surface area contributed by atoms with Crippen LogP contribution in [0, 0.1) is 0 Å². The van der Waals surface area contributed by atoms with Crippen molar-refractivity contribution >= 4 is 17.0 Å². The lowest BCUT2D eigenvalue weighted by atomic mass is 10.5. The van der Waals surface area contributed by atoms with Crippen molar-refractivity contribution in [2.75, 3.05) is 0 Å². The van der Waals surface area contributed by atoms with E-state index in [4.69, 9.17) is 0 Å². The van der Waals surface area contributed by atoms with Crippen molar-refractivity contribution in [3.05, 3.63) is 24.3 Å². The molecule has 1 aliphatic rings. The molecule has 0 saturated heterocycles. The maximum atomic E-state index is 2.12. The van der Waals surface area contributed by atoms with Crippen LogP contribution in [0.4, 0.5) is 0 Å². The van der Waals surface area contributed by atoms with E-state index in [-0.39, 0.29) is 17.0 Å². The van der Waals surface area contributed by atoms with Gasteiger partial charge in [0.1, 0.15) is 0 Å². The van der Waals surface area contributed by atoms with Crippen LogP contribution in [0.5, 0.6) is 0 Å². The van der Waals surface area contributed by atoms with Gasteiger partial charge in [-0.1, -0.05) is 24.3 Å². The summed E-state index contributed by atoms with van der Waals surface area (Å²) in [6.45, 7) is 0. The summed E-state index contributed by atoms with van der Waals surface area (Å²) in [5, 5.41) is 0. The summed E-state index contributed by atoms with van der Waals surface area (Å²) in [5.74, 6) is 0. The average Bonchev–Trinajstić information content (AvgIpc) is 1.76. The standard InChI is InChI=1S/C5H6.BrH/c1-2-4-5-3-1;/h1-4H,5H2;1H. The van der Waals surface area contributed by atoms with Crippen molar-refractivity contribution in [2.45, 2.75) is 6.42 Å². The van der Waals surface area contributed by atoms with Gasteiger partial charge in [0.2, 0.25) is 0 Å². The predicted molar refractivity (Wildman–Crippen MR) is 33.2 cm³/mol. The quantitative estimate of drug-likeness (QED) is 0.492. The predicted octanol–water partition coefficient (Wildman–Crippen LogP) is 2.08. The van der Waals surface area contributed by atoms with E-state index < -0.39 is 0 Å². The zero-order valence-corrected chi connectivity index (χ0v) is 5.14. The molecule has 0 nitrogen and oxygen atoms in total. The van der Waals surface area contributed by atoms with Gasteiger partial charge in [-0.15, -0.1) is 17.0 Å². The molecule has 0 spiro atoms. The fourth-order valence-corrected chi connectivity index (χ4v) is 0.393. The van der Waals surface area contributed by atoms with Gasteiger partial charge in [0.15, 0.2) is 0 Å². The first-order valence-corrected chi connectivity index (χ1v) is 1.82. The Labute approximate surface area is 48.3 Å². The van der Waals surface area contributed by atoms with Crippen LogP contribution in [-0.2, 0) is 0 Å². The van der Waals surface area contributed by atoms with E-state index in [1.807, 2.05) is 0 Å². The monoisotopic (exact) mass is 146 g/mol. The van der Waals surface area contributed by atoms with Crippen molar-refractivity contribution in [2.24, 2.45) is 0 Å². The van der Waals surface area contributed by atoms with Crippen LogP contribution in [0.2, 0.25) is 0 Å². The van der Waals surface area contributed by atoms with Crippen molar-refractivity contribution in [3.8, 4) is 0 Å². The molecule has 0 aromatic carbocycles. The van der Waals surface area contributed by atoms with Crippen LogP contribution in [0.15, 0.2) is 24.3 Å². The maximum Gasteiger partial charge on any atom is -0.0163 e. The molecule has 0 atom stereocenters. The Kier molecular flexibility index (Phi) is 3.14. The molecule has 0 aromatic rings. The topological polar surface area (TPSA) is 0 Å². The highest BCUT2D eigenvalue weighted by molar-refractivity contribution is 8.93. The maximum absolute atomic E-state index is 2.12. The van der Waals surface area contributed by atoms with Crippen LogP contribution < -0.4 is 0 Å². The number of halogens is 1. The van der Waals surface area contributed by atoms with Gasteiger partial charge in [-0.25, -0.2) is 0 Å². The summed E-state index contributed by atoms with van der Waals surface area (Å²) in [4.78, 5) is 0. The Bertz CT molecular complexity index is 62.0. The summed E-state index contributed by atoms with van der Waals surface area (Å²) in [6.07, 6.45) is 9.50. The first-order valence-electron chi connectivity index (χ1n) is 1.82. The van der Waals surface area contributed by atoms with E-state index in [1.165, 1.54) is 0 Å². The zero-order valence-electron chi connectivity index (χ0n) is 3.42. The molecule has 0 saturated carbocycles. The Morgan fingerprint density at radius 2 is 1.50 bits per heavy atom. The fourth-order valence-electron chi connectivity index (χ4n) is 0.393. The van der Waals surface area contributed by atoms with Crippen molar-refractivity contribution in [3.63, 3.8) is 0 Å². The van der Waals surface area contributed by atoms with E-state index in [0.29, 0.717) is 0 Å². The zero-order chi connectivity index (χ0) is 3.54. The van der Waals surface area contributed by atoms with Gasteiger partial charge in [-0.3, -0.25) is 0 Å². The van der Waals surface area contributed by atoms with E-state index in [0.717, 1.165) is 6.42 Å². The SMILES string of the molecule is Br.C1=CCC=C1. The normalized spacial score (nSPS) is 14.7. The smallest absolute Gasteiger partial charge is 0.0163 e. The third-order valence-electron chi connectivity index (χ3n) is 0.655. The van der Waals surface area contributed by atoms with Crippen LogP contribution in [0.1, 0.15) is 6.42 Å². The van der Waals surface area contributed by atoms with Gasteiger partial charge in [-0.05, 0) is 6.42 Å². The van der Waals surface area contributed by atoms with E-state index in [9.17, 15) is 0 Å². The van der Waals surface area contributed by atoms with Gasteiger partial charge in [0.05, 0.1) is 0 Å². The first kappa shape index (κ1) is 5.96. The molecule has 0 radical (unpaired) electrons. The molecule has 0 aromatic heterocycles. The van der Waals surface area contributed by atoms with Gasteiger partial charge >= 0.3 is 0 Å². The molecule has 0 aliphatic heterocycles. The summed E-state index contributed by atoms with van der Waals surface area (Å²) in [5.41, 5.74) is 0. The number of rotatable bonds is 0. The summed E-state index contributed by atoms with van der Waals surface area (Å²) < 4.78 is 0. The number of hydrogen-bond donors (Lipinski definition) is 0. The molecule has 6 heavy (non-hydrogen) atoms. The van der Waals surface area contributed by atoms with Crippen molar-refractivity contribution in [1.29, 1.82) is 0 Å². The Hall–Kier alpha value is -0.0400. The highest BCUT2D eigenvalue weighted by Gasteiger charge is 1.72. The Balaban J connectivity index is 0.000000250. The molecule has 0 heterocycles. The lowest BCUT2D eigenvalue weighted by Crippen LogP contribution is -1.37. The Morgan fingerprint density at radius 3 is 1.67 bits per heavy atom. The van der Waals surface area contributed by atoms with Crippen molar-refractivity contribution in [1.82, 2.24) is 0 Å². The highest BCUT2D eigenvalue weighted by atomic mass is 79.9. The number of hydrogen-bond acceptors (Lipinski definition) is 0. The average molecular weight is 147 g/mol. The molecular weight excluding hydrogens is 140 g/mol. The molecule has 1 heteroatoms. The second-order valence-corrected chi connectivity index (χ2v) is 1.09. The lowest BCUT2D eigenvalue weighted by molar-refractivity contribution is 1.45. The third-order valence-corrected chi connectivity index (χ3v) is 0.655. The summed E-state index contributed by atoms with van der Waals surface area (Å²) in [7, 11) is 0. The van der Waals surface area contributed by atoms with Crippen molar-refractivity contribution < 1.29 is 0 Å². The molecule has 1 rings (SSSR count). The van der Waals surface area contributed by atoms with Crippen LogP contribution in [0.25, 0.3) is 0 Å². The lowest BCUT2D eigenvalue weighted by Gasteiger charge is -1.57. The van der Waals surface area contributed by atoms with Crippen LogP contribution >= 0.6 is 17.0 Å². The second kappa shape index (κ2) is 3.16. The fraction of sp³-hybridized carbons (Fsp3) is 0.200. The molecule has 1 aliphatic carbocycles. The molecule has 34 valence electrons. The van der Waals surface area contributed by atoms with Gasteiger partial charge in [0.25, 0.3) is 0 Å². The Morgan fingerprint density at radius 1 is 1.00 bits per heavy atom. The highest BCUT2D eigenvalue weighted by Crippen LogP contribution is 1.93. The first-order chi connectivity index (χ1) is 2.50. The minimum atomic E-state index is 0. The summed E-state index contributed by atoms with van der Waals surface area (Å²) in [6, 6.07) is 0. The largest absolute Gasteiger partial charge is 0.114 e. The third kappa shape index (κ3) is 1.41. The molecule has 0 fully saturated rings. The second-order valence-electron chi connectivity index (χ2n) is 1.09. The number of allylic oxidation sites excluding steroid dienone is 4. The summed E-state index contributed by atoms with van der Waals surface area (Å²) >= 11 is 0. The minimum absolute atomic E-state index is 0. The van der Waals surface area contributed by atoms with E-state index in [2.05, 4.69) is 24.3 Å². The molecule has 0 amide bonds. The van der Waals surface area contributed by atoms with E-state index in [1.54, 1.807) is 0 Å². The van der Waals surface area contributed by atoms with Gasteiger partial charge in [-0.2, -0.15) is 0 Å². The van der Waals surface area contributed by atoms with Gasteiger partial charge < -0.3 is 0 Å². The van der Waals surface area contributed by atoms with Crippen LogP contribution in [-0.4, -0.2) is 0 Å². The molecule has 0 unspecified atom stereocenters. The minimum Gasteiger partial charge on any atom is -0.114 e. The molecule has 0 bridgehead atoms. The van der Waals surface area contributed by atoms with Gasteiger partial charge in [0, 0.05) is 0 Å².